The average Bonchev–Trinajstić information content (AvgIpc) is 3.45. The molecule has 1 aromatic heterocycles. The van der Waals surface area contributed by atoms with Crippen LogP contribution < -0.4 is 9.64 Å². The van der Waals surface area contributed by atoms with Gasteiger partial charge in [-0.2, -0.15) is 0 Å². The Kier molecular flexibility index (Phi) is 5.11. The molecule has 0 N–H and O–H groups in total. The molecule has 0 bridgehead atoms. The molecule has 2 heterocycles. The van der Waals surface area contributed by atoms with Gasteiger partial charge in [0, 0.05) is 18.2 Å². The highest BCUT2D eigenvalue weighted by molar-refractivity contribution is 7.22. The molecule has 1 amide bonds. The topological polar surface area (TPSA) is 51.7 Å². The zero-order chi connectivity index (χ0) is 20.5. The van der Waals surface area contributed by atoms with E-state index in [1.165, 1.54) is 11.3 Å². The van der Waals surface area contributed by atoms with Crippen LogP contribution in [0, 0.1) is 0 Å². The number of rotatable bonds is 5. The second kappa shape index (κ2) is 8.05. The fourth-order valence-electron chi connectivity index (χ4n) is 3.93. The second-order valence-electron chi connectivity index (χ2n) is 7.41. The van der Waals surface area contributed by atoms with E-state index in [4.69, 9.17) is 14.5 Å². The lowest BCUT2D eigenvalue weighted by Gasteiger charge is -2.23. The Balaban J connectivity index is 1.58. The molecule has 3 aromatic carbocycles. The number of ether oxygens (including phenoxy) is 2. The molecule has 1 fully saturated rings. The minimum Gasteiger partial charge on any atom is -0.497 e. The first-order valence-corrected chi connectivity index (χ1v) is 10.9. The van der Waals surface area contributed by atoms with Crippen LogP contribution in [0.5, 0.6) is 5.75 Å². The quantitative estimate of drug-likeness (QED) is 0.442. The van der Waals surface area contributed by atoms with Crippen LogP contribution in [0.25, 0.3) is 21.0 Å². The Bertz CT molecular complexity index is 1210. The van der Waals surface area contributed by atoms with Crippen molar-refractivity contribution in [2.45, 2.75) is 18.9 Å². The number of aromatic nitrogens is 1. The van der Waals surface area contributed by atoms with Crippen molar-refractivity contribution in [1.82, 2.24) is 4.98 Å². The van der Waals surface area contributed by atoms with Crippen LogP contribution in [0.4, 0.5) is 5.13 Å². The minimum absolute atomic E-state index is 0.0328. The SMILES string of the molecule is COc1ccc2sc(N(CC3CCCO3)C(=O)c3cccc4ccccc34)nc2c1. The number of amides is 1. The Morgan fingerprint density at radius 1 is 1.20 bits per heavy atom. The van der Waals surface area contributed by atoms with Crippen LogP contribution in [0.1, 0.15) is 23.2 Å². The van der Waals surface area contributed by atoms with E-state index in [2.05, 4.69) is 0 Å². The molecule has 0 saturated carbocycles. The fraction of sp³-hybridized carbons (Fsp3) is 0.250. The van der Waals surface area contributed by atoms with Crippen LogP contribution in [0.15, 0.2) is 60.7 Å². The van der Waals surface area contributed by atoms with Crippen LogP contribution in [-0.2, 0) is 4.74 Å². The summed E-state index contributed by atoms with van der Waals surface area (Å²) in [6.45, 7) is 1.25. The molecule has 6 heteroatoms. The van der Waals surface area contributed by atoms with Gasteiger partial charge in [0.05, 0.1) is 30.0 Å². The maximum atomic E-state index is 13.8. The van der Waals surface area contributed by atoms with E-state index in [-0.39, 0.29) is 12.0 Å². The minimum atomic E-state index is -0.0479. The molecule has 1 saturated heterocycles. The third-order valence-corrected chi connectivity index (χ3v) is 6.55. The van der Waals surface area contributed by atoms with Crippen molar-refractivity contribution in [3.05, 3.63) is 66.2 Å². The molecule has 1 unspecified atom stereocenters. The van der Waals surface area contributed by atoms with Crippen molar-refractivity contribution in [3.8, 4) is 5.75 Å². The molecule has 1 aliphatic rings. The predicted molar refractivity (Wildman–Crippen MR) is 121 cm³/mol. The van der Waals surface area contributed by atoms with Crippen molar-refractivity contribution in [2.24, 2.45) is 0 Å². The first-order valence-electron chi connectivity index (χ1n) is 10.1. The third-order valence-electron chi connectivity index (χ3n) is 5.49. The summed E-state index contributed by atoms with van der Waals surface area (Å²) in [6.07, 6.45) is 2.02. The van der Waals surface area contributed by atoms with E-state index < -0.39 is 0 Å². The summed E-state index contributed by atoms with van der Waals surface area (Å²) in [4.78, 5) is 20.3. The number of carbonyl (C=O) groups is 1. The number of benzene rings is 3. The zero-order valence-electron chi connectivity index (χ0n) is 16.7. The van der Waals surface area contributed by atoms with Crippen molar-refractivity contribution in [3.63, 3.8) is 0 Å². The highest BCUT2D eigenvalue weighted by atomic mass is 32.1. The highest BCUT2D eigenvalue weighted by Gasteiger charge is 2.28. The summed E-state index contributed by atoms with van der Waals surface area (Å²) >= 11 is 1.52. The smallest absolute Gasteiger partial charge is 0.260 e. The van der Waals surface area contributed by atoms with Gasteiger partial charge in [0.15, 0.2) is 5.13 Å². The maximum Gasteiger partial charge on any atom is 0.260 e. The molecule has 1 aliphatic heterocycles. The first kappa shape index (κ1) is 19.0. The monoisotopic (exact) mass is 418 g/mol. The number of thiazole rings is 1. The van der Waals surface area contributed by atoms with Crippen LogP contribution in [0.3, 0.4) is 0 Å². The molecule has 0 aliphatic carbocycles. The molecule has 0 radical (unpaired) electrons. The molecule has 5 nitrogen and oxygen atoms in total. The summed E-state index contributed by atoms with van der Waals surface area (Å²) in [6, 6.07) is 19.6. The van der Waals surface area contributed by atoms with Crippen molar-refractivity contribution in [1.29, 1.82) is 0 Å². The summed E-state index contributed by atoms with van der Waals surface area (Å²) in [5, 5.41) is 2.69. The van der Waals surface area contributed by atoms with Crippen molar-refractivity contribution >= 4 is 43.4 Å². The molecule has 5 rings (SSSR count). The number of hydrogen-bond acceptors (Lipinski definition) is 5. The number of hydrogen-bond donors (Lipinski definition) is 0. The normalized spacial score (nSPS) is 16.2. The lowest BCUT2D eigenvalue weighted by atomic mass is 10.0. The van der Waals surface area contributed by atoms with E-state index in [1.807, 2.05) is 60.7 Å². The summed E-state index contributed by atoms with van der Waals surface area (Å²) in [5.74, 6) is 0.707. The van der Waals surface area contributed by atoms with E-state index in [0.29, 0.717) is 17.2 Å². The fourth-order valence-corrected chi connectivity index (χ4v) is 4.89. The first-order chi connectivity index (χ1) is 14.7. The van der Waals surface area contributed by atoms with Crippen LogP contribution in [0.2, 0.25) is 0 Å². The Morgan fingerprint density at radius 2 is 2.07 bits per heavy atom. The Labute approximate surface area is 178 Å². The van der Waals surface area contributed by atoms with E-state index in [9.17, 15) is 4.79 Å². The molecule has 30 heavy (non-hydrogen) atoms. The van der Waals surface area contributed by atoms with E-state index in [0.717, 1.165) is 46.2 Å². The maximum absolute atomic E-state index is 13.8. The van der Waals surface area contributed by atoms with Gasteiger partial charge >= 0.3 is 0 Å². The second-order valence-corrected chi connectivity index (χ2v) is 8.42. The Morgan fingerprint density at radius 3 is 2.90 bits per heavy atom. The van der Waals surface area contributed by atoms with Crippen LogP contribution in [-0.4, -0.2) is 37.3 Å². The number of carbonyl (C=O) groups excluding carboxylic acids is 1. The third kappa shape index (κ3) is 3.53. The largest absolute Gasteiger partial charge is 0.497 e. The number of anilines is 1. The molecule has 1 atom stereocenters. The molecule has 152 valence electrons. The number of fused-ring (bicyclic) bond motifs is 2. The van der Waals surface area contributed by atoms with Crippen LogP contribution >= 0.6 is 11.3 Å². The number of methoxy groups -OCH3 is 1. The van der Waals surface area contributed by atoms with Gasteiger partial charge in [-0.15, -0.1) is 0 Å². The molecular formula is C24H22N2O3S. The highest BCUT2D eigenvalue weighted by Crippen LogP contribution is 2.33. The van der Waals surface area contributed by atoms with Gasteiger partial charge in [0.2, 0.25) is 0 Å². The lowest BCUT2D eigenvalue weighted by molar-refractivity contribution is 0.0919. The van der Waals surface area contributed by atoms with Gasteiger partial charge < -0.3 is 9.47 Å². The molecule has 4 aromatic rings. The van der Waals surface area contributed by atoms with Crippen molar-refractivity contribution in [2.75, 3.05) is 25.2 Å². The summed E-state index contributed by atoms with van der Waals surface area (Å²) in [7, 11) is 1.64. The standard InChI is InChI=1S/C24H22N2O3S/c1-28-17-11-12-22-21(14-17)25-24(30-22)26(15-18-8-5-13-29-18)23(27)20-10-4-7-16-6-2-3-9-19(16)20/h2-4,6-7,9-12,14,18H,5,8,13,15H2,1H3. The van der Waals surface area contributed by atoms with E-state index in [1.54, 1.807) is 12.0 Å². The summed E-state index contributed by atoms with van der Waals surface area (Å²) in [5.41, 5.74) is 1.51. The Hall–Kier alpha value is -2.96. The average molecular weight is 419 g/mol. The van der Waals surface area contributed by atoms with Gasteiger partial charge in [-0.25, -0.2) is 4.98 Å². The predicted octanol–water partition coefficient (Wildman–Crippen LogP) is 5.28. The number of nitrogens with zero attached hydrogens (tertiary/aromatic N) is 2. The van der Waals surface area contributed by atoms with Crippen molar-refractivity contribution < 1.29 is 14.3 Å². The summed E-state index contributed by atoms with van der Waals surface area (Å²) < 4.78 is 12.2. The van der Waals surface area contributed by atoms with E-state index >= 15 is 0 Å². The van der Waals surface area contributed by atoms with Gasteiger partial charge in [-0.1, -0.05) is 47.7 Å². The molecule has 0 spiro atoms. The van der Waals surface area contributed by atoms with Gasteiger partial charge in [0.25, 0.3) is 5.91 Å². The van der Waals surface area contributed by atoms with Gasteiger partial charge in [0.1, 0.15) is 5.75 Å². The lowest BCUT2D eigenvalue weighted by Crippen LogP contribution is -2.37. The zero-order valence-corrected chi connectivity index (χ0v) is 17.5. The van der Waals surface area contributed by atoms with Gasteiger partial charge in [-0.3, -0.25) is 9.69 Å². The molecular weight excluding hydrogens is 396 g/mol. The van der Waals surface area contributed by atoms with Gasteiger partial charge in [-0.05, 0) is 41.8 Å².